The van der Waals surface area contributed by atoms with Gasteiger partial charge in [0.25, 0.3) is 0 Å². The molecular weight excluding hydrogens is 330 g/mol. The van der Waals surface area contributed by atoms with Crippen molar-refractivity contribution in [2.75, 3.05) is 0 Å². The Balaban J connectivity index is 1.96. The Kier molecular flexibility index (Phi) is 6.48. The molecule has 2 rings (SSSR count). The minimum Gasteiger partial charge on any atom is -0.547 e. The molecule has 1 N–H and O–H groups in total. The second-order valence-corrected chi connectivity index (χ2v) is 11.8. The molecular formula is C20H29NO3Si. The van der Waals surface area contributed by atoms with Crippen molar-refractivity contribution < 1.29 is 14.0 Å². The fourth-order valence-electron chi connectivity index (χ4n) is 2.95. The zero-order valence-electron chi connectivity index (χ0n) is 15.6. The topological polar surface area (TPSA) is 47.6 Å². The molecule has 1 aromatic rings. The van der Waals surface area contributed by atoms with E-state index in [-0.39, 0.29) is 18.1 Å². The average Bonchev–Trinajstić information content (AvgIpc) is 2.99. The number of carbonyl (C=O) groups excluding carboxylic acids is 1. The van der Waals surface area contributed by atoms with Crippen LogP contribution in [0.5, 0.6) is 0 Å². The lowest BCUT2D eigenvalue weighted by Crippen LogP contribution is -2.35. The van der Waals surface area contributed by atoms with Crippen LogP contribution in [0.25, 0.3) is 0 Å². The Morgan fingerprint density at radius 3 is 2.60 bits per heavy atom. The number of ether oxygens (including phenoxy) is 1. The van der Waals surface area contributed by atoms with E-state index in [1.54, 1.807) is 6.08 Å². The van der Waals surface area contributed by atoms with Gasteiger partial charge in [-0.1, -0.05) is 43.0 Å². The first-order chi connectivity index (χ1) is 11.8. The summed E-state index contributed by atoms with van der Waals surface area (Å²) in [4.78, 5) is 12.3. The summed E-state index contributed by atoms with van der Waals surface area (Å²) < 4.78 is 11.8. The van der Waals surface area contributed by atoms with Crippen molar-refractivity contribution in [2.24, 2.45) is 5.92 Å². The highest BCUT2D eigenvalue weighted by Gasteiger charge is 2.33. The standard InChI is InChI=1S/C20H29NO3Si/c1-6-18(17-13-10-14-19(17)24-25(3,4)5)23-20(22)21-15(2)16-11-8-7-9-12-16/h6-9,11-12,14-15,17-18H,1,10,13H2,2-5H3,(H,21,22)/t15-,17-,18-/m0/s1. The number of hydrogen-bond acceptors (Lipinski definition) is 3. The highest BCUT2D eigenvalue weighted by Crippen LogP contribution is 2.33. The highest BCUT2D eigenvalue weighted by molar-refractivity contribution is 6.70. The Morgan fingerprint density at radius 1 is 1.32 bits per heavy atom. The van der Waals surface area contributed by atoms with E-state index >= 15 is 0 Å². The molecule has 25 heavy (non-hydrogen) atoms. The maximum absolute atomic E-state index is 12.3. The predicted molar refractivity (Wildman–Crippen MR) is 104 cm³/mol. The number of amides is 1. The molecule has 1 aliphatic carbocycles. The van der Waals surface area contributed by atoms with E-state index in [2.05, 4.69) is 37.6 Å². The van der Waals surface area contributed by atoms with Gasteiger partial charge in [-0.05, 0) is 51.0 Å². The smallest absolute Gasteiger partial charge is 0.408 e. The van der Waals surface area contributed by atoms with Crippen molar-refractivity contribution in [2.45, 2.75) is 51.6 Å². The predicted octanol–water partition coefficient (Wildman–Crippen LogP) is 5.17. The third-order valence-electron chi connectivity index (χ3n) is 4.12. The van der Waals surface area contributed by atoms with Crippen molar-refractivity contribution in [3.8, 4) is 0 Å². The van der Waals surface area contributed by atoms with Crippen LogP contribution in [0.15, 0.2) is 54.8 Å². The quantitative estimate of drug-likeness (QED) is 0.539. The van der Waals surface area contributed by atoms with E-state index < -0.39 is 14.4 Å². The van der Waals surface area contributed by atoms with Crippen LogP contribution in [0.2, 0.25) is 19.6 Å². The van der Waals surface area contributed by atoms with E-state index in [4.69, 9.17) is 9.16 Å². The van der Waals surface area contributed by atoms with E-state index in [1.807, 2.05) is 37.3 Å². The summed E-state index contributed by atoms with van der Waals surface area (Å²) in [5, 5.41) is 2.89. The summed E-state index contributed by atoms with van der Waals surface area (Å²) in [6, 6.07) is 9.71. The first kappa shape index (κ1) is 19.3. The van der Waals surface area contributed by atoms with Gasteiger partial charge in [0.2, 0.25) is 8.32 Å². The fraction of sp³-hybridized carbons (Fsp3) is 0.450. The monoisotopic (exact) mass is 359 g/mol. The van der Waals surface area contributed by atoms with E-state index in [0.29, 0.717) is 0 Å². The van der Waals surface area contributed by atoms with Crippen LogP contribution < -0.4 is 5.32 Å². The van der Waals surface area contributed by atoms with Crippen LogP contribution in [-0.2, 0) is 9.16 Å². The van der Waals surface area contributed by atoms with Crippen molar-refractivity contribution in [1.29, 1.82) is 0 Å². The van der Waals surface area contributed by atoms with Gasteiger partial charge in [-0.25, -0.2) is 4.79 Å². The summed E-state index contributed by atoms with van der Waals surface area (Å²) in [6.45, 7) is 12.3. The lowest BCUT2D eigenvalue weighted by molar-refractivity contribution is 0.0861. The van der Waals surface area contributed by atoms with Crippen LogP contribution >= 0.6 is 0 Å². The highest BCUT2D eigenvalue weighted by atomic mass is 28.4. The minimum absolute atomic E-state index is 0.0574. The molecule has 0 spiro atoms. The molecule has 5 heteroatoms. The van der Waals surface area contributed by atoms with Gasteiger partial charge in [0.15, 0.2) is 0 Å². The number of allylic oxidation sites excluding steroid dienone is 1. The largest absolute Gasteiger partial charge is 0.547 e. The van der Waals surface area contributed by atoms with Gasteiger partial charge in [-0.3, -0.25) is 0 Å². The fourth-order valence-corrected chi connectivity index (χ4v) is 3.89. The lowest BCUT2D eigenvalue weighted by atomic mass is 10.0. The van der Waals surface area contributed by atoms with Crippen LogP contribution in [0, 0.1) is 5.92 Å². The van der Waals surface area contributed by atoms with Crippen molar-refractivity contribution in [3.63, 3.8) is 0 Å². The Hall–Kier alpha value is -2.01. The number of rotatable bonds is 7. The molecule has 0 bridgehead atoms. The van der Waals surface area contributed by atoms with Gasteiger partial charge in [0.1, 0.15) is 6.10 Å². The van der Waals surface area contributed by atoms with Crippen LogP contribution in [0.4, 0.5) is 4.79 Å². The molecule has 1 amide bonds. The molecule has 3 atom stereocenters. The number of hydrogen-bond donors (Lipinski definition) is 1. The van der Waals surface area contributed by atoms with E-state index in [1.165, 1.54) is 0 Å². The normalized spacial score (nSPS) is 19.5. The van der Waals surface area contributed by atoms with Gasteiger partial charge in [0, 0.05) is 0 Å². The molecule has 0 aromatic heterocycles. The molecule has 0 aliphatic heterocycles. The molecule has 0 saturated heterocycles. The van der Waals surface area contributed by atoms with Gasteiger partial charge < -0.3 is 14.5 Å². The third-order valence-corrected chi connectivity index (χ3v) is 4.97. The molecule has 136 valence electrons. The van der Waals surface area contributed by atoms with Crippen molar-refractivity contribution in [3.05, 3.63) is 60.4 Å². The number of nitrogens with one attached hydrogen (secondary N) is 1. The number of carbonyl (C=O) groups is 1. The van der Waals surface area contributed by atoms with Crippen molar-refractivity contribution in [1.82, 2.24) is 5.32 Å². The van der Waals surface area contributed by atoms with Crippen molar-refractivity contribution >= 4 is 14.4 Å². The zero-order chi connectivity index (χ0) is 18.4. The van der Waals surface area contributed by atoms with Gasteiger partial charge >= 0.3 is 6.09 Å². The Labute approximate surface area is 152 Å². The van der Waals surface area contributed by atoms with Gasteiger partial charge in [-0.2, -0.15) is 0 Å². The molecule has 0 saturated carbocycles. The first-order valence-electron chi connectivity index (χ1n) is 8.84. The minimum atomic E-state index is -1.69. The maximum atomic E-state index is 12.3. The van der Waals surface area contributed by atoms with Gasteiger partial charge in [-0.15, -0.1) is 0 Å². The third kappa shape index (κ3) is 5.78. The molecule has 1 aromatic carbocycles. The molecule has 4 nitrogen and oxygen atoms in total. The second-order valence-electron chi connectivity index (χ2n) is 7.39. The summed E-state index contributed by atoms with van der Waals surface area (Å²) in [6.07, 6.45) is 4.86. The summed E-state index contributed by atoms with van der Waals surface area (Å²) in [7, 11) is -1.69. The molecule has 0 heterocycles. The van der Waals surface area contributed by atoms with Crippen LogP contribution in [0.1, 0.15) is 31.4 Å². The zero-order valence-corrected chi connectivity index (χ0v) is 16.6. The average molecular weight is 360 g/mol. The molecule has 1 aliphatic rings. The number of benzene rings is 1. The SMILES string of the molecule is C=C[C@H](OC(=O)N[C@@H](C)c1ccccc1)[C@@H]1CCC=C1O[Si](C)(C)C. The Bertz CT molecular complexity index is 622. The van der Waals surface area contributed by atoms with Crippen LogP contribution in [0.3, 0.4) is 0 Å². The van der Waals surface area contributed by atoms with E-state index in [9.17, 15) is 4.79 Å². The molecule has 0 fully saturated rings. The second kappa shape index (κ2) is 8.38. The molecule has 0 radical (unpaired) electrons. The van der Waals surface area contributed by atoms with Crippen LogP contribution in [-0.4, -0.2) is 20.5 Å². The Morgan fingerprint density at radius 2 is 2.00 bits per heavy atom. The molecule has 0 unspecified atom stereocenters. The first-order valence-corrected chi connectivity index (χ1v) is 12.2. The van der Waals surface area contributed by atoms with Gasteiger partial charge in [0.05, 0.1) is 17.7 Å². The summed E-state index contributed by atoms with van der Waals surface area (Å²) >= 11 is 0. The summed E-state index contributed by atoms with van der Waals surface area (Å²) in [5.41, 5.74) is 1.04. The van der Waals surface area contributed by atoms with E-state index in [0.717, 1.165) is 24.2 Å². The summed E-state index contributed by atoms with van der Waals surface area (Å²) in [5.74, 6) is 1.01. The lowest BCUT2D eigenvalue weighted by Gasteiger charge is -2.28. The maximum Gasteiger partial charge on any atom is 0.408 e. The number of alkyl carbamates (subject to hydrolysis) is 1.